The molecule has 6 rings (SSSR count). The molecule has 67 heavy (non-hydrogen) atoms. The number of aryl methyl sites for hydroxylation is 1. The van der Waals surface area contributed by atoms with E-state index in [4.69, 9.17) is 0 Å². The molecule has 5 aromatic carbocycles. The fourth-order valence-electron chi connectivity index (χ4n) is 8.08. The van der Waals surface area contributed by atoms with Gasteiger partial charge in [0, 0.05) is 0 Å². The Morgan fingerprint density at radius 1 is 0.269 bits per heavy atom. The van der Waals surface area contributed by atoms with Gasteiger partial charge in [0.2, 0.25) is 0 Å². The molecular formula is C62H59N5. The van der Waals surface area contributed by atoms with Crippen molar-refractivity contribution in [2.45, 2.75) is 112 Å². The maximum absolute atomic E-state index is 10.9. The molecule has 0 heterocycles. The molecule has 1 aliphatic rings. The van der Waals surface area contributed by atoms with Gasteiger partial charge in [-0.15, -0.1) is 0 Å². The van der Waals surface area contributed by atoms with E-state index in [0.717, 1.165) is 55.6 Å². The molecule has 0 spiro atoms. The Hall–Kier alpha value is -7.75. The van der Waals surface area contributed by atoms with Crippen molar-refractivity contribution >= 4 is 58.2 Å². The van der Waals surface area contributed by atoms with Gasteiger partial charge in [0.1, 0.15) is 0 Å². The van der Waals surface area contributed by atoms with Gasteiger partial charge in [-0.1, -0.05) is 119 Å². The molecule has 0 atom stereocenters. The van der Waals surface area contributed by atoms with Gasteiger partial charge in [0.15, 0.2) is 0 Å². The summed E-state index contributed by atoms with van der Waals surface area (Å²) < 4.78 is 0. The lowest BCUT2D eigenvalue weighted by molar-refractivity contribution is 0.589. The number of fused-ring (bicyclic) bond motifs is 10. The van der Waals surface area contributed by atoms with E-state index in [9.17, 15) is 26.3 Å². The zero-order chi connectivity index (χ0) is 49.2. The lowest BCUT2D eigenvalue weighted by Gasteiger charge is -2.22. The van der Waals surface area contributed by atoms with Crippen LogP contribution >= 0.6 is 0 Å². The maximum Gasteiger partial charge on any atom is 0.0998 e. The van der Waals surface area contributed by atoms with Crippen LogP contribution in [-0.4, -0.2) is 0 Å². The first-order valence-electron chi connectivity index (χ1n) is 22.7. The molecule has 5 heteroatoms. The Kier molecular flexibility index (Phi) is 13.5. The molecule has 0 saturated heterocycles. The van der Waals surface area contributed by atoms with Gasteiger partial charge in [-0.05, 0) is 197 Å². The first-order chi connectivity index (χ1) is 31.3. The smallest absolute Gasteiger partial charge is 0.0998 e. The number of hydrogen-bond acceptors (Lipinski definition) is 5. The van der Waals surface area contributed by atoms with Gasteiger partial charge in [-0.25, -0.2) is 0 Å². The summed E-state index contributed by atoms with van der Waals surface area (Å²) in [5.74, 6) is 0. The van der Waals surface area contributed by atoms with Crippen LogP contribution in [0.2, 0.25) is 0 Å². The molecular weight excluding hydrogens is 815 g/mol. The summed E-state index contributed by atoms with van der Waals surface area (Å²) in [6.45, 7) is 27.5. The Bertz CT molecular complexity index is 3180. The summed E-state index contributed by atoms with van der Waals surface area (Å²) in [7, 11) is 0. The highest BCUT2D eigenvalue weighted by Gasteiger charge is 2.22. The standard InChI is InChI=1S/C62H59N5/c1-39-14-40-16-45(15-39)50(34-63)22-41-17-47(31-55(26-41)59(2,3)4)52(36-65)24-43-19-49(33-57(28-43)61(8,9)10)54(38-67)25-44-20-48(32-58(29-44)62(11,12)13)53(37-66)23-42-18-46(51(21-40)35-64)30-56(27-42)60(5,6)7/h14-33H,1-13H3/b50-22+,51-21?,52-24+,53-23+,54-25+. The summed E-state index contributed by atoms with van der Waals surface area (Å²) in [5, 5.41) is 54.1. The number of benzene rings is 5. The fraction of sp³-hybridized carbons (Fsp3) is 0.274. The maximum atomic E-state index is 10.9. The molecule has 5 aromatic rings. The van der Waals surface area contributed by atoms with Crippen LogP contribution in [0.4, 0.5) is 0 Å². The van der Waals surface area contributed by atoms with Crippen LogP contribution in [0.25, 0.3) is 58.2 Å². The predicted molar refractivity (Wildman–Crippen MR) is 279 cm³/mol. The lowest BCUT2D eigenvalue weighted by Crippen LogP contribution is -2.12. The average Bonchev–Trinajstić information content (AvgIpc) is 3.25. The molecule has 5 nitrogen and oxygen atoms in total. The molecule has 1 aliphatic carbocycles. The highest BCUT2D eigenvalue weighted by Crippen LogP contribution is 2.36. The Morgan fingerprint density at radius 3 is 0.657 bits per heavy atom. The Balaban J connectivity index is 1.77. The number of allylic oxidation sites excluding steroid dienone is 5. The van der Waals surface area contributed by atoms with Crippen LogP contribution in [0.1, 0.15) is 167 Å². The zero-order valence-corrected chi connectivity index (χ0v) is 41.3. The first-order valence-corrected chi connectivity index (χ1v) is 22.7. The number of hydrogen-bond donors (Lipinski definition) is 0. The molecule has 0 saturated carbocycles. The third-order valence-electron chi connectivity index (χ3n) is 12.1. The van der Waals surface area contributed by atoms with Gasteiger partial charge in [-0.2, -0.15) is 26.3 Å². The van der Waals surface area contributed by atoms with Gasteiger partial charge in [0.05, 0.1) is 58.2 Å². The topological polar surface area (TPSA) is 119 Å². The number of nitrogens with zero attached hydrogens (tertiary/aromatic N) is 5. The Labute approximate surface area is 399 Å². The normalized spacial score (nSPS) is 16.6. The van der Waals surface area contributed by atoms with Crippen LogP contribution < -0.4 is 0 Å². The predicted octanol–water partition coefficient (Wildman–Crippen LogP) is 15.8. The third kappa shape index (κ3) is 11.6. The van der Waals surface area contributed by atoms with E-state index in [1.807, 2.05) is 104 Å². The summed E-state index contributed by atoms with van der Waals surface area (Å²) in [6.07, 6.45) is 9.36. The molecule has 0 N–H and O–H groups in total. The van der Waals surface area contributed by atoms with E-state index < -0.39 is 0 Å². The van der Waals surface area contributed by atoms with E-state index in [-0.39, 0.29) is 21.7 Å². The van der Waals surface area contributed by atoms with Crippen molar-refractivity contribution in [2.24, 2.45) is 0 Å². The van der Waals surface area contributed by atoms with E-state index in [1.165, 1.54) is 0 Å². The molecule has 0 fully saturated rings. The Morgan fingerprint density at radius 2 is 0.463 bits per heavy atom. The molecule has 0 radical (unpaired) electrons. The van der Waals surface area contributed by atoms with Crippen molar-refractivity contribution in [2.75, 3.05) is 0 Å². The van der Waals surface area contributed by atoms with Crippen LogP contribution in [0, 0.1) is 63.6 Å². The van der Waals surface area contributed by atoms with Gasteiger partial charge < -0.3 is 0 Å². The van der Waals surface area contributed by atoms with E-state index in [2.05, 4.69) is 138 Å². The summed E-state index contributed by atoms with van der Waals surface area (Å²) in [5.41, 5.74) is 13.3. The van der Waals surface area contributed by atoms with Crippen LogP contribution in [0.3, 0.4) is 0 Å². The average molecular weight is 874 g/mol. The minimum atomic E-state index is -0.291. The van der Waals surface area contributed by atoms with Crippen LogP contribution in [0.15, 0.2) is 91.0 Å². The van der Waals surface area contributed by atoms with Gasteiger partial charge >= 0.3 is 0 Å². The highest BCUT2D eigenvalue weighted by atomic mass is 14.3. The van der Waals surface area contributed by atoms with Crippen molar-refractivity contribution < 1.29 is 0 Å². The van der Waals surface area contributed by atoms with Crippen LogP contribution in [0.5, 0.6) is 0 Å². The van der Waals surface area contributed by atoms with E-state index in [1.54, 1.807) is 0 Å². The second-order valence-electron chi connectivity index (χ2n) is 21.9. The second kappa shape index (κ2) is 18.6. The zero-order valence-electron chi connectivity index (χ0n) is 41.3. The molecule has 332 valence electrons. The van der Waals surface area contributed by atoms with Gasteiger partial charge in [-0.3, -0.25) is 0 Å². The first kappa shape index (κ1) is 48.7. The van der Waals surface area contributed by atoms with Crippen molar-refractivity contribution in [3.05, 3.63) is 174 Å². The molecule has 10 bridgehead atoms. The molecule has 0 amide bonds. The second-order valence-corrected chi connectivity index (χ2v) is 21.9. The molecule has 0 unspecified atom stereocenters. The summed E-state index contributed by atoms with van der Waals surface area (Å²) in [6, 6.07) is 42.5. The SMILES string of the molecule is Cc1cc2cc(c1)/C(C#N)=C/c1cc(cc(C(C)(C)C)c1)/C(C#N)=C/c1cc(cc(C(C)(C)C)c1)/C(C#N)=C/c1cc(cc(C(C)(C)C)c1)/C(C#N)=C/c1cc(cc(C(C)(C)C)c1)C(C#N)=C2. The van der Waals surface area contributed by atoms with Crippen LogP contribution in [-0.2, 0) is 21.7 Å². The van der Waals surface area contributed by atoms with Gasteiger partial charge in [0.25, 0.3) is 0 Å². The van der Waals surface area contributed by atoms with Crippen molar-refractivity contribution in [1.29, 1.82) is 26.3 Å². The minimum absolute atomic E-state index is 0.286. The largest absolute Gasteiger partial charge is 0.192 e. The monoisotopic (exact) mass is 873 g/mol. The van der Waals surface area contributed by atoms with E-state index in [0.29, 0.717) is 55.7 Å². The van der Waals surface area contributed by atoms with Crippen molar-refractivity contribution in [3.8, 4) is 30.3 Å². The van der Waals surface area contributed by atoms with Crippen molar-refractivity contribution in [1.82, 2.24) is 0 Å². The van der Waals surface area contributed by atoms with E-state index >= 15 is 0 Å². The van der Waals surface area contributed by atoms with Crippen molar-refractivity contribution in [3.63, 3.8) is 0 Å². The lowest BCUT2D eigenvalue weighted by atomic mass is 9.82. The summed E-state index contributed by atoms with van der Waals surface area (Å²) >= 11 is 0. The summed E-state index contributed by atoms with van der Waals surface area (Å²) in [4.78, 5) is 0. The fourth-order valence-corrected chi connectivity index (χ4v) is 8.08. The number of nitriles is 5. The highest BCUT2D eigenvalue weighted by molar-refractivity contribution is 5.98. The number of rotatable bonds is 0. The third-order valence-corrected chi connectivity index (χ3v) is 12.1. The molecule has 0 aliphatic heterocycles. The minimum Gasteiger partial charge on any atom is -0.192 e. The quantitative estimate of drug-likeness (QED) is 0.153. The molecule has 0 aromatic heterocycles.